The summed E-state index contributed by atoms with van der Waals surface area (Å²) >= 11 is 13.7. The summed E-state index contributed by atoms with van der Waals surface area (Å²) < 4.78 is 16.3. The number of hydrogen-bond acceptors (Lipinski definition) is 5. The molecule has 0 aliphatic carbocycles. The van der Waals surface area contributed by atoms with Gasteiger partial charge in [-0.15, -0.1) is 11.3 Å². The molecule has 1 aromatic heterocycles. The van der Waals surface area contributed by atoms with Crippen LogP contribution in [0, 0.1) is 0 Å². The molecule has 1 atom stereocenters. The van der Waals surface area contributed by atoms with E-state index < -0.39 is 12.2 Å². The van der Waals surface area contributed by atoms with Crippen LogP contribution in [0.25, 0.3) is 10.4 Å². The Bertz CT molecular complexity index is 975. The summed E-state index contributed by atoms with van der Waals surface area (Å²) in [4.78, 5) is 13.2. The molecule has 0 aliphatic rings. The van der Waals surface area contributed by atoms with Gasteiger partial charge in [0.2, 0.25) is 0 Å². The largest absolute Gasteiger partial charge is 0.468 e. The highest BCUT2D eigenvalue weighted by atomic mass is 35.5. The van der Waals surface area contributed by atoms with E-state index in [1.165, 1.54) is 11.3 Å². The third kappa shape index (κ3) is 5.64. The Morgan fingerprint density at radius 3 is 2.55 bits per heavy atom. The second-order valence-corrected chi connectivity index (χ2v) is 8.15. The first kappa shape index (κ1) is 21.5. The molecular formula is C21H19Cl2NO4S. The topological polar surface area (TPSA) is 56.8 Å². The fourth-order valence-corrected chi connectivity index (χ4v) is 4.14. The molecule has 0 aliphatic heterocycles. The molecule has 152 valence electrons. The van der Waals surface area contributed by atoms with Gasteiger partial charge in [0.25, 0.3) is 0 Å². The molecule has 3 aromatic rings. The number of amides is 1. The Hall–Kier alpha value is -2.25. The lowest BCUT2D eigenvalue weighted by atomic mass is 10.1. The van der Waals surface area contributed by atoms with Crippen LogP contribution in [0.5, 0.6) is 5.75 Å². The maximum absolute atomic E-state index is 12.4. The fraction of sp³-hybridized carbons (Fsp3) is 0.190. The van der Waals surface area contributed by atoms with E-state index in [1.807, 2.05) is 42.5 Å². The summed E-state index contributed by atoms with van der Waals surface area (Å²) in [5.41, 5.74) is 2.20. The monoisotopic (exact) mass is 451 g/mol. The zero-order chi connectivity index (χ0) is 20.8. The van der Waals surface area contributed by atoms with E-state index in [0.29, 0.717) is 20.8 Å². The Morgan fingerprint density at radius 2 is 1.86 bits per heavy atom. The number of rotatable bonds is 7. The van der Waals surface area contributed by atoms with E-state index in [-0.39, 0.29) is 6.79 Å². The van der Waals surface area contributed by atoms with E-state index >= 15 is 0 Å². The van der Waals surface area contributed by atoms with Gasteiger partial charge in [0.05, 0.1) is 14.9 Å². The third-order valence-electron chi connectivity index (χ3n) is 4.03. The highest BCUT2D eigenvalue weighted by Gasteiger charge is 2.18. The van der Waals surface area contributed by atoms with E-state index in [4.69, 9.17) is 37.4 Å². The van der Waals surface area contributed by atoms with Gasteiger partial charge in [-0.2, -0.15) is 0 Å². The van der Waals surface area contributed by atoms with Crippen LogP contribution < -0.4 is 10.1 Å². The first-order valence-electron chi connectivity index (χ1n) is 8.71. The van der Waals surface area contributed by atoms with Gasteiger partial charge >= 0.3 is 6.09 Å². The van der Waals surface area contributed by atoms with E-state index in [1.54, 1.807) is 26.2 Å². The Balaban J connectivity index is 1.72. The minimum atomic E-state index is -0.590. The van der Waals surface area contributed by atoms with Crippen LogP contribution in [0.4, 0.5) is 10.5 Å². The number of anilines is 1. The molecule has 0 spiro atoms. The number of halogens is 2. The third-order valence-corrected chi connectivity index (χ3v) is 5.68. The average Bonchev–Trinajstić information content (AvgIpc) is 3.06. The number of thiophene rings is 1. The maximum Gasteiger partial charge on any atom is 0.412 e. The predicted octanol–water partition coefficient (Wildman–Crippen LogP) is 7.01. The molecule has 8 heteroatoms. The zero-order valence-corrected chi connectivity index (χ0v) is 18.1. The summed E-state index contributed by atoms with van der Waals surface area (Å²) in [7, 11) is 1.56. The Kier molecular flexibility index (Phi) is 7.39. The molecule has 29 heavy (non-hydrogen) atoms. The number of methoxy groups -OCH3 is 1. The van der Waals surface area contributed by atoms with Crippen LogP contribution in [0.3, 0.4) is 0 Å². The lowest BCUT2D eigenvalue weighted by Crippen LogP contribution is -2.16. The molecule has 3 rings (SSSR count). The van der Waals surface area contributed by atoms with Crippen LogP contribution in [0.1, 0.15) is 18.6 Å². The molecule has 0 saturated heterocycles. The van der Waals surface area contributed by atoms with Crippen molar-refractivity contribution in [1.82, 2.24) is 0 Å². The molecule has 0 radical (unpaired) electrons. The fourth-order valence-electron chi connectivity index (χ4n) is 2.67. The van der Waals surface area contributed by atoms with Crippen molar-refractivity contribution in [3.63, 3.8) is 0 Å². The van der Waals surface area contributed by atoms with Gasteiger partial charge in [0.15, 0.2) is 6.79 Å². The first-order valence-corrected chi connectivity index (χ1v) is 10.3. The predicted molar refractivity (Wildman–Crippen MR) is 117 cm³/mol. The minimum Gasteiger partial charge on any atom is -0.468 e. The van der Waals surface area contributed by atoms with Crippen molar-refractivity contribution in [2.75, 3.05) is 19.2 Å². The van der Waals surface area contributed by atoms with Crippen molar-refractivity contribution < 1.29 is 19.0 Å². The smallest absolute Gasteiger partial charge is 0.412 e. The summed E-state index contributed by atoms with van der Waals surface area (Å²) in [6.07, 6.45) is -1.09. The van der Waals surface area contributed by atoms with Crippen molar-refractivity contribution in [2.45, 2.75) is 13.0 Å². The highest BCUT2D eigenvalue weighted by molar-refractivity contribution is 7.20. The normalized spacial score (nSPS) is 11.7. The van der Waals surface area contributed by atoms with Gasteiger partial charge in [0.1, 0.15) is 11.9 Å². The Labute approximate surface area is 183 Å². The summed E-state index contributed by atoms with van der Waals surface area (Å²) in [6.45, 7) is 1.94. The quantitative estimate of drug-likeness (QED) is 0.392. The second kappa shape index (κ2) is 9.98. The van der Waals surface area contributed by atoms with E-state index in [9.17, 15) is 4.79 Å². The van der Waals surface area contributed by atoms with Crippen LogP contribution >= 0.6 is 34.5 Å². The maximum atomic E-state index is 12.4. The van der Waals surface area contributed by atoms with Crippen molar-refractivity contribution >= 4 is 46.3 Å². The molecule has 0 bridgehead atoms. The number of nitrogens with one attached hydrogen (secondary N) is 1. The molecule has 5 nitrogen and oxygen atoms in total. The van der Waals surface area contributed by atoms with Crippen LogP contribution in [-0.4, -0.2) is 20.0 Å². The zero-order valence-electron chi connectivity index (χ0n) is 15.8. The standard InChI is InChI=1S/C21H19Cl2NO4S/c1-13(16-5-3-4-6-17(16)22)28-21(25)24-18-11-19(23)29-20(18)14-7-9-15(10-8-14)27-12-26-2/h3-11,13H,12H2,1-2H3,(H,24,25)/t13-/m1/s1. The van der Waals surface area contributed by atoms with E-state index in [0.717, 1.165) is 16.0 Å². The summed E-state index contributed by atoms with van der Waals surface area (Å²) in [6, 6.07) is 16.4. The van der Waals surface area contributed by atoms with Crippen molar-refractivity contribution in [1.29, 1.82) is 0 Å². The molecule has 1 N–H and O–H groups in total. The van der Waals surface area contributed by atoms with E-state index in [2.05, 4.69) is 5.32 Å². The molecule has 1 amide bonds. The van der Waals surface area contributed by atoms with Gasteiger partial charge in [-0.05, 0) is 48.9 Å². The van der Waals surface area contributed by atoms with Gasteiger partial charge in [-0.1, -0.05) is 41.4 Å². The van der Waals surface area contributed by atoms with Gasteiger partial charge in [-0.3, -0.25) is 5.32 Å². The Morgan fingerprint density at radius 1 is 1.14 bits per heavy atom. The average molecular weight is 452 g/mol. The number of carbonyl (C=O) groups excluding carboxylic acids is 1. The number of carbonyl (C=O) groups is 1. The highest BCUT2D eigenvalue weighted by Crippen LogP contribution is 2.40. The van der Waals surface area contributed by atoms with Crippen molar-refractivity contribution in [3.05, 3.63) is 69.5 Å². The number of benzene rings is 2. The van der Waals surface area contributed by atoms with Crippen molar-refractivity contribution in [2.24, 2.45) is 0 Å². The summed E-state index contributed by atoms with van der Waals surface area (Å²) in [5, 5.41) is 3.31. The van der Waals surface area contributed by atoms with Gasteiger partial charge in [0, 0.05) is 17.7 Å². The number of hydrogen-bond donors (Lipinski definition) is 1. The molecule has 0 saturated carbocycles. The molecule has 0 unspecified atom stereocenters. The minimum absolute atomic E-state index is 0.173. The molecule has 2 aromatic carbocycles. The van der Waals surface area contributed by atoms with Crippen molar-refractivity contribution in [3.8, 4) is 16.2 Å². The SMILES string of the molecule is COCOc1ccc(-c2sc(Cl)cc2NC(=O)O[C@H](C)c2ccccc2Cl)cc1. The molecule has 0 fully saturated rings. The first-order chi connectivity index (χ1) is 14.0. The number of ether oxygens (including phenoxy) is 3. The molecular weight excluding hydrogens is 433 g/mol. The van der Waals surface area contributed by atoms with Crippen LogP contribution in [0.2, 0.25) is 9.36 Å². The lowest BCUT2D eigenvalue weighted by molar-refractivity contribution is 0.0511. The van der Waals surface area contributed by atoms with Gasteiger partial charge in [-0.25, -0.2) is 4.79 Å². The lowest BCUT2D eigenvalue weighted by Gasteiger charge is -2.15. The second-order valence-electron chi connectivity index (χ2n) is 6.06. The molecule has 1 heterocycles. The van der Waals surface area contributed by atoms with Gasteiger partial charge < -0.3 is 14.2 Å². The summed E-state index contributed by atoms with van der Waals surface area (Å²) in [5.74, 6) is 0.681. The van der Waals surface area contributed by atoms with Crippen LogP contribution in [-0.2, 0) is 9.47 Å². The van der Waals surface area contributed by atoms with Crippen LogP contribution in [0.15, 0.2) is 54.6 Å².